The summed E-state index contributed by atoms with van der Waals surface area (Å²) >= 11 is 1.52. The second-order valence-electron chi connectivity index (χ2n) is 7.91. The van der Waals surface area contributed by atoms with E-state index in [1.807, 2.05) is 45.0 Å². The molecule has 0 aliphatic carbocycles. The lowest BCUT2D eigenvalue weighted by molar-refractivity contribution is 0.0970. The number of aryl methyl sites for hydroxylation is 5. The molecule has 0 saturated heterocycles. The fourth-order valence-electron chi connectivity index (χ4n) is 3.66. The lowest BCUT2D eigenvalue weighted by Gasteiger charge is -2.09. The zero-order valence-corrected chi connectivity index (χ0v) is 18.7. The Kier molecular flexibility index (Phi) is 5.16. The van der Waals surface area contributed by atoms with Crippen molar-refractivity contribution in [2.75, 3.05) is 0 Å². The van der Waals surface area contributed by atoms with Crippen LogP contribution in [0.2, 0.25) is 0 Å². The van der Waals surface area contributed by atoms with Gasteiger partial charge in [0.1, 0.15) is 4.83 Å². The van der Waals surface area contributed by atoms with Gasteiger partial charge < -0.3 is 0 Å². The fraction of sp³-hybridized carbons (Fsp3) is 0.240. The van der Waals surface area contributed by atoms with E-state index in [4.69, 9.17) is 0 Å². The summed E-state index contributed by atoms with van der Waals surface area (Å²) in [6.45, 7) is 10.1. The average Bonchev–Trinajstić information content (AvgIpc) is 3.05. The number of carbonyl (C=O) groups is 1. The molecular weight excluding hydrogens is 392 g/mol. The Bertz CT molecular complexity index is 1360. The van der Waals surface area contributed by atoms with Crippen LogP contribution < -0.4 is 5.56 Å². The monoisotopic (exact) mass is 416 g/mol. The molecule has 2 heterocycles. The minimum Gasteiger partial charge on any atom is -0.292 e. The second kappa shape index (κ2) is 7.65. The summed E-state index contributed by atoms with van der Waals surface area (Å²) in [5.41, 5.74) is 6.97. The highest BCUT2D eigenvalue weighted by Gasteiger charge is 2.18. The number of aromatic nitrogens is 2. The molecule has 4 nitrogen and oxygen atoms in total. The third-order valence-corrected chi connectivity index (χ3v) is 6.81. The van der Waals surface area contributed by atoms with Gasteiger partial charge in [-0.2, -0.15) is 0 Å². The van der Waals surface area contributed by atoms with Crippen LogP contribution in [0.5, 0.6) is 0 Å². The molecule has 0 aliphatic heterocycles. The van der Waals surface area contributed by atoms with E-state index in [0.29, 0.717) is 15.8 Å². The number of thiophene rings is 1. The van der Waals surface area contributed by atoms with Crippen LogP contribution in [0.25, 0.3) is 21.3 Å². The first-order chi connectivity index (χ1) is 14.3. The molecule has 4 rings (SSSR count). The van der Waals surface area contributed by atoms with E-state index in [1.165, 1.54) is 33.4 Å². The summed E-state index contributed by atoms with van der Waals surface area (Å²) in [6, 6.07) is 11.9. The van der Waals surface area contributed by atoms with E-state index in [1.54, 1.807) is 0 Å². The van der Waals surface area contributed by atoms with Crippen molar-refractivity contribution in [2.24, 2.45) is 0 Å². The number of rotatable bonds is 4. The Morgan fingerprint density at radius 2 is 1.60 bits per heavy atom. The van der Waals surface area contributed by atoms with Crippen LogP contribution in [0.15, 0.2) is 47.5 Å². The van der Waals surface area contributed by atoms with Gasteiger partial charge in [-0.25, -0.2) is 4.98 Å². The van der Waals surface area contributed by atoms with Gasteiger partial charge in [0.05, 0.1) is 18.3 Å². The van der Waals surface area contributed by atoms with Crippen LogP contribution in [0.3, 0.4) is 0 Å². The molecule has 4 aromatic rings. The van der Waals surface area contributed by atoms with Crippen molar-refractivity contribution in [2.45, 2.75) is 41.2 Å². The molecule has 30 heavy (non-hydrogen) atoms. The summed E-state index contributed by atoms with van der Waals surface area (Å²) in [5, 5.41) is 0.594. The first-order valence-electron chi connectivity index (χ1n) is 9.93. The van der Waals surface area contributed by atoms with Crippen molar-refractivity contribution < 1.29 is 4.79 Å². The standard InChI is InChI=1S/C25H24N2O2S/c1-14-6-8-19(10-16(14)3)21(28)12-27-13-26-24-23(25(27)29)22(18(5)30-24)20-9-7-15(2)17(4)11-20/h6-11,13H,12H2,1-5H3. The third kappa shape index (κ3) is 3.50. The number of hydrogen-bond donors (Lipinski definition) is 0. The van der Waals surface area contributed by atoms with Crippen molar-refractivity contribution in [3.8, 4) is 11.1 Å². The smallest absolute Gasteiger partial charge is 0.263 e. The molecule has 152 valence electrons. The highest BCUT2D eigenvalue weighted by molar-refractivity contribution is 7.19. The topological polar surface area (TPSA) is 52.0 Å². The zero-order chi connectivity index (χ0) is 21.6. The van der Waals surface area contributed by atoms with Crippen LogP contribution in [0.4, 0.5) is 0 Å². The maximum absolute atomic E-state index is 13.4. The minimum absolute atomic E-state index is 0.0223. The normalized spacial score (nSPS) is 11.2. The van der Waals surface area contributed by atoms with Crippen LogP contribution in [0.1, 0.15) is 37.5 Å². The molecule has 2 aromatic carbocycles. The van der Waals surface area contributed by atoms with Crippen molar-refractivity contribution in [1.82, 2.24) is 9.55 Å². The van der Waals surface area contributed by atoms with Gasteiger partial charge in [-0.3, -0.25) is 14.2 Å². The van der Waals surface area contributed by atoms with Gasteiger partial charge in [0.25, 0.3) is 5.56 Å². The maximum atomic E-state index is 13.4. The van der Waals surface area contributed by atoms with Gasteiger partial charge in [0.15, 0.2) is 5.78 Å². The van der Waals surface area contributed by atoms with E-state index in [9.17, 15) is 9.59 Å². The van der Waals surface area contributed by atoms with Crippen molar-refractivity contribution in [3.63, 3.8) is 0 Å². The van der Waals surface area contributed by atoms with Crippen molar-refractivity contribution in [3.05, 3.63) is 85.8 Å². The first-order valence-corrected chi connectivity index (χ1v) is 10.7. The molecule has 5 heteroatoms. The van der Waals surface area contributed by atoms with Crippen LogP contribution in [0, 0.1) is 34.6 Å². The number of nitrogens with zero attached hydrogens (tertiary/aromatic N) is 2. The van der Waals surface area contributed by atoms with Crippen molar-refractivity contribution in [1.29, 1.82) is 0 Å². The Balaban J connectivity index is 1.80. The van der Waals surface area contributed by atoms with E-state index < -0.39 is 0 Å². The van der Waals surface area contributed by atoms with Crippen LogP contribution in [-0.2, 0) is 6.54 Å². The molecule has 2 aromatic heterocycles. The van der Waals surface area contributed by atoms with E-state index >= 15 is 0 Å². The van der Waals surface area contributed by atoms with Gasteiger partial charge in [-0.15, -0.1) is 11.3 Å². The number of carbonyl (C=O) groups excluding carboxylic acids is 1. The highest BCUT2D eigenvalue weighted by Crippen LogP contribution is 2.36. The molecule has 0 unspecified atom stereocenters. The number of ketones is 1. The van der Waals surface area contributed by atoms with E-state index in [-0.39, 0.29) is 17.9 Å². The molecule has 0 atom stereocenters. The average molecular weight is 417 g/mol. The Morgan fingerprint density at radius 3 is 2.27 bits per heavy atom. The molecule has 0 aliphatic rings. The van der Waals surface area contributed by atoms with E-state index in [0.717, 1.165) is 27.1 Å². The summed E-state index contributed by atoms with van der Waals surface area (Å²) in [6.07, 6.45) is 1.49. The SMILES string of the molecule is Cc1ccc(C(=O)Cn2cnc3sc(C)c(-c4ccc(C)c(C)c4)c3c2=O)cc1C. The van der Waals surface area contributed by atoms with Gasteiger partial charge in [0, 0.05) is 16.0 Å². The zero-order valence-electron chi connectivity index (χ0n) is 17.9. The lowest BCUT2D eigenvalue weighted by Crippen LogP contribution is -2.24. The number of benzene rings is 2. The number of hydrogen-bond acceptors (Lipinski definition) is 4. The molecule has 0 saturated carbocycles. The van der Waals surface area contributed by atoms with Gasteiger partial charge in [0.2, 0.25) is 0 Å². The first kappa shape index (κ1) is 20.2. The highest BCUT2D eigenvalue weighted by atomic mass is 32.1. The summed E-state index contributed by atoms with van der Waals surface area (Å²) < 4.78 is 1.43. The second-order valence-corrected chi connectivity index (χ2v) is 9.12. The van der Waals surface area contributed by atoms with Crippen molar-refractivity contribution >= 4 is 27.3 Å². The summed E-state index contributed by atoms with van der Waals surface area (Å²) in [7, 11) is 0. The number of fused-ring (bicyclic) bond motifs is 1. The quantitative estimate of drug-likeness (QED) is 0.410. The molecule has 0 amide bonds. The molecule has 0 fully saturated rings. The summed E-state index contributed by atoms with van der Waals surface area (Å²) in [5.74, 6) is -0.0963. The molecule has 0 radical (unpaired) electrons. The molecule has 0 N–H and O–H groups in total. The van der Waals surface area contributed by atoms with Gasteiger partial charge >= 0.3 is 0 Å². The lowest BCUT2D eigenvalue weighted by atomic mass is 9.99. The maximum Gasteiger partial charge on any atom is 0.263 e. The van der Waals surface area contributed by atoms with Crippen LogP contribution in [-0.4, -0.2) is 15.3 Å². The molecule has 0 spiro atoms. The summed E-state index contributed by atoms with van der Waals surface area (Å²) in [4.78, 5) is 32.4. The third-order valence-electron chi connectivity index (χ3n) is 5.79. The van der Waals surface area contributed by atoms with Gasteiger partial charge in [-0.1, -0.05) is 30.3 Å². The predicted octanol–water partition coefficient (Wildman–Crippen LogP) is 5.55. The van der Waals surface area contributed by atoms with E-state index in [2.05, 4.69) is 31.0 Å². The predicted molar refractivity (Wildman–Crippen MR) is 124 cm³/mol. The Hall–Kier alpha value is -3.05. The fourth-order valence-corrected chi connectivity index (χ4v) is 4.66. The molecule has 0 bridgehead atoms. The Labute approximate surface area is 179 Å². The number of Topliss-reactive ketones (excluding diaryl/α,β-unsaturated/α-hetero) is 1. The molecular formula is C25H24N2O2S. The Morgan fingerprint density at radius 1 is 0.933 bits per heavy atom. The minimum atomic E-state index is -0.172. The van der Waals surface area contributed by atoms with Crippen LogP contribution >= 0.6 is 11.3 Å². The van der Waals surface area contributed by atoms with Gasteiger partial charge in [-0.05, 0) is 68.5 Å². The largest absolute Gasteiger partial charge is 0.292 e.